The minimum Gasteiger partial charge on any atom is -0.486 e. The van der Waals surface area contributed by atoms with Gasteiger partial charge in [-0.3, -0.25) is 4.90 Å². The molecule has 1 atom stereocenters. The molecular weight excluding hydrogens is 240 g/mol. The summed E-state index contributed by atoms with van der Waals surface area (Å²) in [6, 6.07) is 6.63. The Kier molecular flexibility index (Phi) is 5.05. The van der Waals surface area contributed by atoms with Crippen LogP contribution in [0.1, 0.15) is 24.9 Å². The summed E-state index contributed by atoms with van der Waals surface area (Å²) in [4.78, 5) is 2.36. The van der Waals surface area contributed by atoms with Crippen LogP contribution in [0.25, 0.3) is 0 Å². The fourth-order valence-electron chi connectivity index (χ4n) is 2.27. The van der Waals surface area contributed by atoms with Crippen molar-refractivity contribution in [1.29, 1.82) is 0 Å². The van der Waals surface area contributed by atoms with Crippen LogP contribution in [0.5, 0.6) is 11.5 Å². The van der Waals surface area contributed by atoms with Crippen LogP contribution in [0.2, 0.25) is 0 Å². The van der Waals surface area contributed by atoms with Crippen LogP contribution < -0.4 is 14.8 Å². The molecule has 0 saturated heterocycles. The van der Waals surface area contributed by atoms with E-state index in [-0.39, 0.29) is 0 Å². The number of benzene rings is 1. The third-order valence-corrected chi connectivity index (χ3v) is 3.65. The van der Waals surface area contributed by atoms with Gasteiger partial charge in [0.15, 0.2) is 11.5 Å². The van der Waals surface area contributed by atoms with Crippen LogP contribution in [0.15, 0.2) is 18.2 Å². The van der Waals surface area contributed by atoms with E-state index in [0.717, 1.165) is 31.0 Å². The first-order chi connectivity index (χ1) is 9.22. The predicted octanol–water partition coefficient (Wildman–Crippen LogP) is 2.06. The zero-order valence-electron chi connectivity index (χ0n) is 12.1. The van der Waals surface area contributed by atoms with Crippen LogP contribution in [0, 0.1) is 0 Å². The second-order valence-corrected chi connectivity index (χ2v) is 5.02. The van der Waals surface area contributed by atoms with Gasteiger partial charge in [-0.05, 0) is 58.2 Å². The summed E-state index contributed by atoms with van der Waals surface area (Å²) in [5, 5.41) is 3.18. The third-order valence-electron chi connectivity index (χ3n) is 3.65. The number of nitrogens with one attached hydrogen (secondary N) is 1. The maximum Gasteiger partial charge on any atom is 0.161 e. The fourth-order valence-corrected chi connectivity index (χ4v) is 2.27. The Balaban J connectivity index is 2.00. The molecule has 4 heteroatoms. The minimum atomic E-state index is 0.382. The molecule has 1 unspecified atom stereocenters. The third kappa shape index (κ3) is 3.61. The highest BCUT2D eigenvalue weighted by atomic mass is 16.6. The molecule has 1 aromatic carbocycles. The van der Waals surface area contributed by atoms with Gasteiger partial charge < -0.3 is 14.8 Å². The van der Waals surface area contributed by atoms with Gasteiger partial charge >= 0.3 is 0 Å². The molecule has 0 amide bonds. The maximum absolute atomic E-state index is 5.64. The van der Waals surface area contributed by atoms with E-state index in [4.69, 9.17) is 9.47 Å². The number of fused-ring (bicyclic) bond motifs is 1. The van der Waals surface area contributed by atoms with E-state index in [1.54, 1.807) is 0 Å². The average Bonchev–Trinajstić information content (AvgIpc) is 2.46. The number of nitrogens with zero attached hydrogens (tertiary/aromatic N) is 1. The van der Waals surface area contributed by atoms with Gasteiger partial charge in [0.1, 0.15) is 13.2 Å². The molecule has 0 radical (unpaired) electrons. The molecule has 19 heavy (non-hydrogen) atoms. The molecule has 1 heterocycles. The van der Waals surface area contributed by atoms with Crippen molar-refractivity contribution in [3.8, 4) is 11.5 Å². The molecule has 1 N–H and O–H groups in total. The molecule has 0 aliphatic carbocycles. The van der Waals surface area contributed by atoms with E-state index >= 15 is 0 Å². The topological polar surface area (TPSA) is 33.7 Å². The van der Waals surface area contributed by atoms with E-state index in [2.05, 4.69) is 36.3 Å². The minimum absolute atomic E-state index is 0.382. The van der Waals surface area contributed by atoms with Crippen molar-refractivity contribution < 1.29 is 9.47 Å². The molecule has 0 saturated carbocycles. The lowest BCUT2D eigenvalue weighted by atomic mass is 10.1. The van der Waals surface area contributed by atoms with Gasteiger partial charge in [0.25, 0.3) is 0 Å². The van der Waals surface area contributed by atoms with Crippen LogP contribution in [0.3, 0.4) is 0 Å². The molecule has 106 valence electrons. The van der Waals surface area contributed by atoms with Crippen molar-refractivity contribution in [2.24, 2.45) is 0 Å². The molecule has 2 rings (SSSR count). The summed E-state index contributed by atoms with van der Waals surface area (Å²) in [5.74, 6) is 1.74. The first kappa shape index (κ1) is 14.2. The van der Waals surface area contributed by atoms with Crippen LogP contribution in [-0.2, 0) is 0 Å². The van der Waals surface area contributed by atoms with E-state index in [1.807, 2.05) is 13.1 Å². The van der Waals surface area contributed by atoms with Gasteiger partial charge in [-0.1, -0.05) is 6.07 Å². The van der Waals surface area contributed by atoms with Crippen molar-refractivity contribution in [2.75, 3.05) is 40.4 Å². The Hall–Kier alpha value is -1.26. The highest BCUT2D eigenvalue weighted by Crippen LogP contribution is 2.33. The zero-order valence-corrected chi connectivity index (χ0v) is 12.1. The van der Waals surface area contributed by atoms with Crippen LogP contribution in [0.4, 0.5) is 0 Å². The fraction of sp³-hybridized carbons (Fsp3) is 0.600. The Labute approximate surface area is 115 Å². The first-order valence-electron chi connectivity index (χ1n) is 6.96. The predicted molar refractivity (Wildman–Crippen MR) is 77.0 cm³/mol. The normalized spacial score (nSPS) is 15.6. The molecule has 1 aliphatic heterocycles. The van der Waals surface area contributed by atoms with E-state index in [0.29, 0.717) is 19.3 Å². The average molecular weight is 264 g/mol. The zero-order chi connectivity index (χ0) is 13.7. The summed E-state index contributed by atoms with van der Waals surface area (Å²) in [6.45, 7) is 5.65. The van der Waals surface area contributed by atoms with E-state index in [1.165, 1.54) is 5.56 Å². The molecule has 0 aromatic heterocycles. The summed E-state index contributed by atoms with van der Waals surface area (Å²) < 4.78 is 11.2. The van der Waals surface area contributed by atoms with Crippen molar-refractivity contribution in [2.45, 2.75) is 19.4 Å². The number of hydrogen-bond donors (Lipinski definition) is 1. The van der Waals surface area contributed by atoms with Gasteiger partial charge in [-0.15, -0.1) is 0 Å². The Morgan fingerprint density at radius 3 is 2.74 bits per heavy atom. The molecule has 0 fully saturated rings. The molecule has 4 nitrogen and oxygen atoms in total. The van der Waals surface area contributed by atoms with Gasteiger partial charge in [0.05, 0.1) is 0 Å². The molecule has 0 bridgehead atoms. The second kappa shape index (κ2) is 6.78. The van der Waals surface area contributed by atoms with Gasteiger partial charge in [0.2, 0.25) is 0 Å². The second-order valence-electron chi connectivity index (χ2n) is 5.02. The van der Waals surface area contributed by atoms with Crippen molar-refractivity contribution in [3.63, 3.8) is 0 Å². The smallest absolute Gasteiger partial charge is 0.161 e. The lowest BCUT2D eigenvalue weighted by Crippen LogP contribution is -2.26. The maximum atomic E-state index is 5.64. The highest BCUT2D eigenvalue weighted by molar-refractivity contribution is 5.44. The van der Waals surface area contributed by atoms with Crippen molar-refractivity contribution >= 4 is 0 Å². The Bertz CT molecular complexity index is 409. The molecule has 0 spiro atoms. The first-order valence-corrected chi connectivity index (χ1v) is 6.96. The lowest BCUT2D eigenvalue weighted by molar-refractivity contribution is 0.170. The molecule has 1 aliphatic rings. The van der Waals surface area contributed by atoms with Gasteiger partial charge in [-0.2, -0.15) is 0 Å². The summed E-state index contributed by atoms with van der Waals surface area (Å²) in [7, 11) is 4.15. The standard InChI is InChI=1S/C15H24N2O2/c1-12(17(3)8-4-7-16-2)13-5-6-14-15(11-13)19-10-9-18-14/h5-6,11-12,16H,4,7-10H2,1-3H3. The molecular formula is C15H24N2O2. The lowest BCUT2D eigenvalue weighted by Gasteiger charge is -2.26. The summed E-state index contributed by atoms with van der Waals surface area (Å²) >= 11 is 0. The van der Waals surface area contributed by atoms with Gasteiger partial charge in [-0.25, -0.2) is 0 Å². The Morgan fingerprint density at radius 2 is 2.00 bits per heavy atom. The number of rotatable bonds is 6. The van der Waals surface area contributed by atoms with Crippen molar-refractivity contribution in [3.05, 3.63) is 23.8 Å². The summed E-state index contributed by atoms with van der Waals surface area (Å²) in [5.41, 5.74) is 1.27. The van der Waals surface area contributed by atoms with Crippen LogP contribution >= 0.6 is 0 Å². The van der Waals surface area contributed by atoms with Crippen LogP contribution in [-0.4, -0.2) is 45.3 Å². The van der Waals surface area contributed by atoms with Crippen molar-refractivity contribution in [1.82, 2.24) is 10.2 Å². The SMILES string of the molecule is CNCCCN(C)C(C)c1ccc2c(c1)OCCO2. The van der Waals surface area contributed by atoms with E-state index in [9.17, 15) is 0 Å². The van der Waals surface area contributed by atoms with E-state index < -0.39 is 0 Å². The quantitative estimate of drug-likeness (QED) is 0.797. The largest absolute Gasteiger partial charge is 0.486 e. The number of ether oxygens (including phenoxy) is 2. The number of hydrogen-bond acceptors (Lipinski definition) is 4. The highest BCUT2D eigenvalue weighted by Gasteiger charge is 2.16. The summed E-state index contributed by atoms with van der Waals surface area (Å²) in [6.07, 6.45) is 1.15. The monoisotopic (exact) mass is 264 g/mol. The molecule has 1 aromatic rings. The Morgan fingerprint density at radius 1 is 1.26 bits per heavy atom. The van der Waals surface area contributed by atoms with Gasteiger partial charge in [0, 0.05) is 6.04 Å².